The number of carboxylic acid groups (broad SMARTS) is 1. The van der Waals surface area contributed by atoms with Gasteiger partial charge in [-0.2, -0.15) is 0 Å². The summed E-state index contributed by atoms with van der Waals surface area (Å²) in [4.78, 5) is 24.5. The molecule has 4 heteroatoms. The molecule has 1 aliphatic heterocycles. The number of carbonyl (C=O) groups is 2. The van der Waals surface area contributed by atoms with Gasteiger partial charge in [-0.05, 0) is 18.6 Å². The van der Waals surface area contributed by atoms with Crippen LogP contribution < -0.4 is 4.90 Å². The number of hydrogen-bond acceptors (Lipinski definition) is 2. The summed E-state index contributed by atoms with van der Waals surface area (Å²) in [5.74, 6) is -0.975. The number of amides is 1. The lowest BCUT2D eigenvalue weighted by molar-refractivity contribution is -0.139. The summed E-state index contributed by atoms with van der Waals surface area (Å²) >= 11 is 0. The predicted octanol–water partition coefficient (Wildman–Crippen LogP) is 1.12. The fourth-order valence-corrected chi connectivity index (χ4v) is 2.52. The number of piperidine rings is 1. The Labute approximate surface area is 92.5 Å². The van der Waals surface area contributed by atoms with E-state index in [4.69, 9.17) is 5.11 Å². The van der Waals surface area contributed by atoms with Gasteiger partial charge in [0, 0.05) is 17.5 Å². The smallest absolute Gasteiger partial charge is 0.327 e. The average Bonchev–Trinajstić information content (AvgIpc) is 3.00. The minimum atomic E-state index is -0.901. The van der Waals surface area contributed by atoms with Gasteiger partial charge >= 0.3 is 5.97 Å². The summed E-state index contributed by atoms with van der Waals surface area (Å²) in [5.41, 5.74) is 0.687. The van der Waals surface area contributed by atoms with E-state index in [-0.39, 0.29) is 17.7 Å². The SMILES string of the molecule is O=C(O)C1C2CC2C(=O)N1c1ccccc1. The Morgan fingerprint density at radius 1 is 1.31 bits per heavy atom. The quantitative estimate of drug-likeness (QED) is 0.807. The minimum absolute atomic E-state index is 0.0187. The van der Waals surface area contributed by atoms with E-state index in [0.29, 0.717) is 5.69 Å². The van der Waals surface area contributed by atoms with Crippen molar-refractivity contribution in [1.29, 1.82) is 0 Å². The molecule has 1 amide bonds. The number of fused-ring (bicyclic) bond motifs is 1. The summed E-state index contributed by atoms with van der Waals surface area (Å²) in [7, 11) is 0. The molecule has 2 fully saturated rings. The van der Waals surface area contributed by atoms with E-state index in [0.717, 1.165) is 6.42 Å². The van der Waals surface area contributed by atoms with E-state index in [9.17, 15) is 9.59 Å². The normalized spacial score (nSPS) is 31.4. The molecule has 1 aliphatic carbocycles. The van der Waals surface area contributed by atoms with Crippen molar-refractivity contribution in [2.75, 3.05) is 4.90 Å². The molecular weight excluding hydrogens is 206 g/mol. The molecular formula is C12H11NO3. The van der Waals surface area contributed by atoms with Crippen molar-refractivity contribution in [2.45, 2.75) is 12.5 Å². The molecule has 2 aliphatic rings. The van der Waals surface area contributed by atoms with Gasteiger partial charge in [0.15, 0.2) is 0 Å². The van der Waals surface area contributed by atoms with Crippen molar-refractivity contribution in [3.63, 3.8) is 0 Å². The largest absolute Gasteiger partial charge is 0.480 e. The number of carboxylic acids is 1. The fourth-order valence-electron chi connectivity index (χ4n) is 2.52. The maximum atomic E-state index is 11.9. The van der Waals surface area contributed by atoms with Gasteiger partial charge in [0.1, 0.15) is 6.04 Å². The molecule has 16 heavy (non-hydrogen) atoms. The molecule has 1 aromatic rings. The molecule has 3 unspecified atom stereocenters. The summed E-state index contributed by atoms with van der Waals surface area (Å²) in [6, 6.07) is 8.36. The van der Waals surface area contributed by atoms with Crippen LogP contribution in [0.4, 0.5) is 5.69 Å². The number of anilines is 1. The van der Waals surface area contributed by atoms with Crippen molar-refractivity contribution < 1.29 is 14.7 Å². The van der Waals surface area contributed by atoms with E-state index in [1.807, 2.05) is 18.2 Å². The lowest BCUT2D eigenvalue weighted by Gasteiger charge is -2.24. The minimum Gasteiger partial charge on any atom is -0.480 e. The second kappa shape index (κ2) is 3.07. The number of carbonyl (C=O) groups excluding carboxylic acids is 1. The molecule has 4 nitrogen and oxygen atoms in total. The molecule has 0 aromatic heterocycles. The van der Waals surface area contributed by atoms with Gasteiger partial charge in [-0.3, -0.25) is 9.69 Å². The van der Waals surface area contributed by atoms with Crippen molar-refractivity contribution >= 4 is 17.6 Å². The molecule has 0 bridgehead atoms. The number of nitrogens with zero attached hydrogens (tertiary/aromatic N) is 1. The zero-order valence-corrected chi connectivity index (χ0v) is 8.54. The van der Waals surface area contributed by atoms with Gasteiger partial charge < -0.3 is 5.11 Å². The second-order valence-electron chi connectivity index (χ2n) is 4.33. The van der Waals surface area contributed by atoms with Crippen molar-refractivity contribution in [3.05, 3.63) is 30.3 Å². The molecule has 3 rings (SSSR count). The van der Waals surface area contributed by atoms with Crippen LogP contribution in [0.1, 0.15) is 6.42 Å². The molecule has 1 saturated carbocycles. The molecule has 1 N–H and O–H groups in total. The van der Waals surface area contributed by atoms with E-state index in [1.54, 1.807) is 12.1 Å². The van der Waals surface area contributed by atoms with Crippen LogP contribution >= 0.6 is 0 Å². The molecule has 0 radical (unpaired) electrons. The summed E-state index contributed by atoms with van der Waals surface area (Å²) in [5, 5.41) is 9.17. The Morgan fingerprint density at radius 3 is 2.62 bits per heavy atom. The van der Waals surface area contributed by atoms with Crippen LogP contribution in [0.2, 0.25) is 0 Å². The van der Waals surface area contributed by atoms with Crippen LogP contribution in [0, 0.1) is 11.8 Å². The molecule has 1 heterocycles. The van der Waals surface area contributed by atoms with Gasteiger partial charge in [0.2, 0.25) is 5.91 Å². The third-order valence-corrected chi connectivity index (χ3v) is 3.37. The van der Waals surface area contributed by atoms with Crippen molar-refractivity contribution in [1.82, 2.24) is 0 Å². The highest BCUT2D eigenvalue weighted by Gasteiger charge is 2.61. The second-order valence-corrected chi connectivity index (χ2v) is 4.33. The van der Waals surface area contributed by atoms with E-state index >= 15 is 0 Å². The van der Waals surface area contributed by atoms with Crippen LogP contribution in [0.25, 0.3) is 0 Å². The van der Waals surface area contributed by atoms with Gasteiger partial charge in [-0.1, -0.05) is 18.2 Å². The van der Waals surface area contributed by atoms with Gasteiger partial charge in [0.25, 0.3) is 0 Å². The van der Waals surface area contributed by atoms with Crippen LogP contribution in [-0.4, -0.2) is 23.0 Å². The molecule has 82 valence electrons. The van der Waals surface area contributed by atoms with Gasteiger partial charge in [-0.25, -0.2) is 4.79 Å². The third kappa shape index (κ3) is 1.16. The number of rotatable bonds is 2. The zero-order chi connectivity index (χ0) is 11.3. The first-order valence-corrected chi connectivity index (χ1v) is 5.31. The molecule has 0 spiro atoms. The number of benzene rings is 1. The van der Waals surface area contributed by atoms with Crippen LogP contribution in [-0.2, 0) is 9.59 Å². The Bertz CT molecular complexity index is 457. The first kappa shape index (κ1) is 9.39. The predicted molar refractivity (Wildman–Crippen MR) is 56.9 cm³/mol. The fraction of sp³-hybridized carbons (Fsp3) is 0.333. The van der Waals surface area contributed by atoms with Crippen LogP contribution in [0.3, 0.4) is 0 Å². The van der Waals surface area contributed by atoms with Crippen LogP contribution in [0.5, 0.6) is 0 Å². The van der Waals surface area contributed by atoms with Crippen molar-refractivity contribution in [2.24, 2.45) is 11.8 Å². The number of aliphatic carboxylic acids is 1. The highest BCUT2D eigenvalue weighted by molar-refractivity contribution is 6.06. The zero-order valence-electron chi connectivity index (χ0n) is 8.54. The van der Waals surface area contributed by atoms with E-state index < -0.39 is 12.0 Å². The Kier molecular flexibility index (Phi) is 1.80. The van der Waals surface area contributed by atoms with Crippen LogP contribution in [0.15, 0.2) is 30.3 Å². The highest BCUT2D eigenvalue weighted by Crippen LogP contribution is 2.51. The van der Waals surface area contributed by atoms with Gasteiger partial charge in [-0.15, -0.1) is 0 Å². The highest BCUT2D eigenvalue weighted by atomic mass is 16.4. The average molecular weight is 217 g/mol. The summed E-state index contributed by atoms with van der Waals surface area (Å²) in [6.07, 6.45) is 0.735. The third-order valence-electron chi connectivity index (χ3n) is 3.37. The van der Waals surface area contributed by atoms with E-state index in [2.05, 4.69) is 0 Å². The lowest BCUT2D eigenvalue weighted by Crippen LogP contribution is -2.42. The Hall–Kier alpha value is -1.84. The topological polar surface area (TPSA) is 57.6 Å². The molecule has 1 aromatic carbocycles. The lowest BCUT2D eigenvalue weighted by atomic mass is 10.1. The maximum Gasteiger partial charge on any atom is 0.327 e. The monoisotopic (exact) mass is 217 g/mol. The Morgan fingerprint density at radius 2 is 2.00 bits per heavy atom. The number of hydrogen-bond donors (Lipinski definition) is 1. The Balaban J connectivity index is 2.00. The molecule has 1 saturated heterocycles. The summed E-state index contributed by atoms with van der Waals surface area (Å²) in [6.45, 7) is 0. The standard InChI is InChI=1S/C12H11NO3/c14-11-9-6-8(9)10(12(15)16)13(11)7-4-2-1-3-5-7/h1-5,8-10H,6H2,(H,15,16). The first-order chi connectivity index (χ1) is 7.70. The first-order valence-electron chi connectivity index (χ1n) is 5.31. The van der Waals surface area contributed by atoms with E-state index in [1.165, 1.54) is 4.90 Å². The number of para-hydroxylation sites is 1. The van der Waals surface area contributed by atoms with Crippen molar-refractivity contribution in [3.8, 4) is 0 Å². The maximum absolute atomic E-state index is 11.9. The van der Waals surface area contributed by atoms with Gasteiger partial charge in [0.05, 0.1) is 0 Å². The molecule has 3 atom stereocenters. The summed E-state index contributed by atoms with van der Waals surface area (Å²) < 4.78 is 0.